The summed E-state index contributed by atoms with van der Waals surface area (Å²) in [6, 6.07) is 0. The van der Waals surface area contributed by atoms with Crippen LogP contribution in [0.2, 0.25) is 0 Å². The molecule has 0 saturated carbocycles. The lowest BCUT2D eigenvalue weighted by Crippen LogP contribution is -2.68. The predicted octanol–water partition coefficient (Wildman–Crippen LogP) is 9.51. The Hall–Kier alpha value is -1.27. The van der Waals surface area contributed by atoms with Gasteiger partial charge < -0.3 is 25.2 Å². The first-order valence-corrected chi connectivity index (χ1v) is 17.0. The quantitative estimate of drug-likeness (QED) is 0.0611. The molecule has 0 amide bonds. The highest BCUT2D eigenvalue weighted by Crippen LogP contribution is 2.53. The molecule has 0 aromatic carbocycles. The van der Waals surface area contributed by atoms with E-state index in [0.717, 1.165) is 116 Å². The van der Waals surface area contributed by atoms with Crippen molar-refractivity contribution in [3.05, 3.63) is 11.5 Å². The minimum Gasteiger partial charge on any atom is -0.505 e. The molecule has 2 atom stereocenters. The maximum Gasteiger partial charge on any atom is 0.378 e. The van der Waals surface area contributed by atoms with Crippen LogP contribution in [0, 0.1) is 0 Å². The van der Waals surface area contributed by atoms with Crippen molar-refractivity contribution in [3.8, 4) is 0 Å². The summed E-state index contributed by atoms with van der Waals surface area (Å²) in [6.45, 7) is 8.64. The molecule has 6 heteroatoms. The van der Waals surface area contributed by atoms with Crippen LogP contribution in [0.25, 0.3) is 0 Å². The Balaban J connectivity index is 3.46. The number of esters is 1. The van der Waals surface area contributed by atoms with E-state index >= 15 is 0 Å². The van der Waals surface area contributed by atoms with E-state index in [2.05, 4.69) is 27.7 Å². The van der Waals surface area contributed by atoms with Crippen molar-refractivity contribution >= 4 is 5.97 Å². The zero-order valence-electron chi connectivity index (χ0n) is 26.6. The van der Waals surface area contributed by atoms with Crippen molar-refractivity contribution < 1.29 is 30.0 Å². The molecule has 0 aliphatic carbocycles. The van der Waals surface area contributed by atoms with Gasteiger partial charge in [-0.3, -0.25) is 0 Å². The average molecular weight is 569 g/mol. The third-order valence-corrected chi connectivity index (χ3v) is 9.17. The molecule has 1 rings (SSSR count). The highest BCUT2D eigenvalue weighted by atomic mass is 16.6. The molecule has 236 valence electrons. The molecule has 4 N–H and O–H groups in total. The molecule has 0 radical (unpaired) electrons. The van der Waals surface area contributed by atoms with Gasteiger partial charge in [-0.2, -0.15) is 0 Å². The van der Waals surface area contributed by atoms with Crippen LogP contribution < -0.4 is 0 Å². The molecular weight excluding hydrogens is 504 g/mol. The summed E-state index contributed by atoms with van der Waals surface area (Å²) in [4.78, 5) is 12.7. The number of hydrogen-bond acceptors (Lipinski definition) is 6. The summed E-state index contributed by atoms with van der Waals surface area (Å²) in [7, 11) is 0. The smallest absolute Gasteiger partial charge is 0.378 e. The van der Waals surface area contributed by atoms with Crippen LogP contribution >= 0.6 is 0 Å². The SMILES string of the molecule is CCCCCCCC(O)(CCCCCCC)[C@@](O)(CCCCCCC)[C@@]1(CCCCCCC)OC(=O)C(O)=C1O. The molecule has 0 fully saturated rings. The molecule has 0 aromatic heterocycles. The standard InChI is InChI=1S/C34H64O6/c1-5-9-13-17-21-25-32(38,26-22-18-14-10-6-2)34(39,28-24-20-16-12-8-4)33(27-23-19-15-11-7-3)30(36)29(35)31(37)40-33/h35-36,38-39H,5-28H2,1-4H3/t33-,34-/m0/s1. The van der Waals surface area contributed by atoms with Gasteiger partial charge in [0.1, 0.15) is 5.60 Å². The fraction of sp³-hybridized carbons (Fsp3) is 0.912. The van der Waals surface area contributed by atoms with Gasteiger partial charge >= 0.3 is 5.97 Å². The van der Waals surface area contributed by atoms with E-state index in [0.29, 0.717) is 25.7 Å². The maximum atomic E-state index is 12.8. The average Bonchev–Trinajstić information content (AvgIpc) is 3.16. The molecule has 0 bridgehead atoms. The van der Waals surface area contributed by atoms with Gasteiger partial charge in [-0.15, -0.1) is 0 Å². The van der Waals surface area contributed by atoms with Gasteiger partial charge in [0.05, 0.1) is 5.60 Å². The highest BCUT2D eigenvalue weighted by molar-refractivity contribution is 5.90. The molecular formula is C34H64O6. The third kappa shape index (κ3) is 10.2. The molecule has 40 heavy (non-hydrogen) atoms. The zero-order chi connectivity index (χ0) is 29.9. The second kappa shape index (κ2) is 19.8. The number of rotatable bonds is 26. The van der Waals surface area contributed by atoms with Crippen LogP contribution in [0.4, 0.5) is 0 Å². The largest absolute Gasteiger partial charge is 0.505 e. The summed E-state index contributed by atoms with van der Waals surface area (Å²) in [6.07, 6.45) is 20.6. The lowest BCUT2D eigenvalue weighted by molar-refractivity contribution is -0.256. The Morgan fingerprint density at radius 1 is 0.575 bits per heavy atom. The van der Waals surface area contributed by atoms with Crippen LogP contribution in [0.15, 0.2) is 11.5 Å². The molecule has 6 nitrogen and oxygen atoms in total. The van der Waals surface area contributed by atoms with Crippen molar-refractivity contribution in [2.75, 3.05) is 0 Å². The van der Waals surface area contributed by atoms with Crippen LogP contribution in [0.5, 0.6) is 0 Å². The van der Waals surface area contributed by atoms with Crippen LogP contribution in [0.3, 0.4) is 0 Å². The van der Waals surface area contributed by atoms with E-state index in [-0.39, 0.29) is 12.8 Å². The molecule has 0 spiro atoms. The summed E-state index contributed by atoms with van der Waals surface area (Å²) >= 11 is 0. The van der Waals surface area contributed by atoms with Gasteiger partial charge in [-0.05, 0) is 32.1 Å². The Labute approximate surface area is 246 Å². The predicted molar refractivity (Wildman–Crippen MR) is 165 cm³/mol. The first-order chi connectivity index (χ1) is 19.2. The second-order valence-electron chi connectivity index (χ2n) is 12.5. The fourth-order valence-electron chi connectivity index (χ4n) is 6.55. The number of aliphatic hydroxyl groups excluding tert-OH is 2. The first-order valence-electron chi connectivity index (χ1n) is 17.0. The third-order valence-electron chi connectivity index (χ3n) is 9.17. The summed E-state index contributed by atoms with van der Waals surface area (Å²) < 4.78 is 5.84. The minimum atomic E-state index is -1.91. The van der Waals surface area contributed by atoms with Gasteiger partial charge in [0.15, 0.2) is 5.76 Å². The summed E-state index contributed by atoms with van der Waals surface area (Å²) in [5.74, 6) is -2.44. The number of cyclic esters (lactones) is 1. The van der Waals surface area contributed by atoms with Gasteiger partial charge in [0, 0.05) is 0 Å². The first kappa shape index (κ1) is 36.8. The normalized spacial score (nSPS) is 19.3. The lowest BCUT2D eigenvalue weighted by atomic mass is 9.62. The van der Waals surface area contributed by atoms with E-state index in [1.807, 2.05) is 0 Å². The van der Waals surface area contributed by atoms with E-state index in [9.17, 15) is 25.2 Å². The van der Waals surface area contributed by atoms with Crippen LogP contribution in [0.1, 0.15) is 182 Å². The lowest BCUT2D eigenvalue weighted by Gasteiger charge is -2.53. The number of unbranched alkanes of at least 4 members (excludes halogenated alkanes) is 16. The van der Waals surface area contributed by atoms with E-state index < -0.39 is 34.3 Å². The Kier molecular flexibility index (Phi) is 18.2. The Morgan fingerprint density at radius 2 is 0.950 bits per heavy atom. The molecule has 1 aliphatic heterocycles. The van der Waals surface area contributed by atoms with E-state index in [1.54, 1.807) is 0 Å². The van der Waals surface area contributed by atoms with Crippen molar-refractivity contribution in [1.82, 2.24) is 0 Å². The summed E-state index contributed by atoms with van der Waals surface area (Å²) in [5, 5.41) is 47.2. The fourth-order valence-corrected chi connectivity index (χ4v) is 6.55. The van der Waals surface area contributed by atoms with Gasteiger partial charge in [-0.1, -0.05) is 150 Å². The number of aliphatic hydroxyl groups is 4. The topological polar surface area (TPSA) is 107 Å². The van der Waals surface area contributed by atoms with Crippen molar-refractivity contribution in [1.29, 1.82) is 0 Å². The van der Waals surface area contributed by atoms with Gasteiger partial charge in [-0.25, -0.2) is 4.79 Å². The number of ether oxygens (including phenoxy) is 1. The zero-order valence-corrected chi connectivity index (χ0v) is 26.6. The van der Waals surface area contributed by atoms with Gasteiger partial charge in [0.2, 0.25) is 11.4 Å². The molecule has 0 aromatic rings. The number of hydrogen-bond donors (Lipinski definition) is 4. The van der Waals surface area contributed by atoms with Crippen LogP contribution in [-0.4, -0.2) is 43.2 Å². The second-order valence-corrected chi connectivity index (χ2v) is 12.5. The Morgan fingerprint density at radius 3 is 1.32 bits per heavy atom. The van der Waals surface area contributed by atoms with Crippen molar-refractivity contribution in [2.24, 2.45) is 0 Å². The monoisotopic (exact) mass is 568 g/mol. The number of carbonyl (C=O) groups is 1. The van der Waals surface area contributed by atoms with Crippen molar-refractivity contribution in [2.45, 2.75) is 199 Å². The van der Waals surface area contributed by atoms with E-state index in [4.69, 9.17) is 4.74 Å². The Bertz CT molecular complexity index is 705. The van der Waals surface area contributed by atoms with E-state index in [1.165, 1.54) is 0 Å². The summed E-state index contributed by atoms with van der Waals surface area (Å²) in [5.41, 5.74) is -5.30. The maximum absolute atomic E-state index is 12.8. The molecule has 1 aliphatic rings. The highest BCUT2D eigenvalue weighted by Gasteiger charge is 2.68. The van der Waals surface area contributed by atoms with Gasteiger partial charge in [0.25, 0.3) is 0 Å². The van der Waals surface area contributed by atoms with Crippen molar-refractivity contribution in [3.63, 3.8) is 0 Å². The molecule has 0 unspecified atom stereocenters. The molecule has 1 heterocycles. The molecule has 0 saturated heterocycles. The minimum absolute atomic E-state index is 0.178. The van der Waals surface area contributed by atoms with Crippen LogP contribution in [-0.2, 0) is 9.53 Å². The number of carbonyl (C=O) groups excluding carboxylic acids is 1.